The van der Waals surface area contributed by atoms with Gasteiger partial charge in [0.1, 0.15) is 5.82 Å². The molecular weight excluding hydrogens is 337 g/mol. The Morgan fingerprint density at radius 1 is 1.12 bits per heavy atom. The van der Waals surface area contributed by atoms with Crippen molar-refractivity contribution >= 4 is 17.1 Å². The van der Waals surface area contributed by atoms with Crippen LogP contribution in [-0.4, -0.2) is 25.2 Å². The van der Waals surface area contributed by atoms with Gasteiger partial charge >= 0.3 is 5.69 Å². The average molecular weight is 359 g/mol. The monoisotopic (exact) mass is 359 g/mol. The molecule has 0 atom stereocenters. The SMILES string of the molecule is CC(C)CNc1nc2c(c(=O)n(C)c(=O)n2Cc2ccc(F)cc2)n1C. The third kappa shape index (κ3) is 3.14. The molecule has 0 aliphatic heterocycles. The maximum atomic E-state index is 13.1. The molecule has 26 heavy (non-hydrogen) atoms. The van der Waals surface area contributed by atoms with Gasteiger partial charge in [-0.2, -0.15) is 4.98 Å². The first-order valence-corrected chi connectivity index (χ1v) is 8.44. The number of fused-ring (bicyclic) bond motifs is 1. The fraction of sp³-hybridized carbons (Fsp3) is 0.389. The van der Waals surface area contributed by atoms with Gasteiger partial charge in [-0.05, 0) is 23.6 Å². The largest absolute Gasteiger partial charge is 0.355 e. The number of halogens is 1. The van der Waals surface area contributed by atoms with Crippen LogP contribution in [-0.2, 0) is 20.6 Å². The Kier molecular flexibility index (Phi) is 4.67. The molecule has 0 saturated heterocycles. The van der Waals surface area contributed by atoms with E-state index < -0.39 is 11.2 Å². The van der Waals surface area contributed by atoms with Crippen molar-refractivity contribution in [3.63, 3.8) is 0 Å². The van der Waals surface area contributed by atoms with E-state index in [-0.39, 0.29) is 12.4 Å². The minimum Gasteiger partial charge on any atom is -0.355 e. The molecule has 138 valence electrons. The molecule has 1 aromatic carbocycles. The molecule has 2 aromatic heterocycles. The highest BCUT2D eigenvalue weighted by Gasteiger charge is 2.19. The zero-order chi connectivity index (χ0) is 19.0. The van der Waals surface area contributed by atoms with E-state index in [1.807, 2.05) is 0 Å². The van der Waals surface area contributed by atoms with E-state index in [0.717, 1.165) is 10.1 Å². The van der Waals surface area contributed by atoms with Crippen LogP contribution in [0.2, 0.25) is 0 Å². The number of hydrogen-bond acceptors (Lipinski definition) is 4. The summed E-state index contributed by atoms with van der Waals surface area (Å²) < 4.78 is 17.3. The molecule has 0 aliphatic carbocycles. The summed E-state index contributed by atoms with van der Waals surface area (Å²) in [6, 6.07) is 5.90. The predicted octanol–water partition coefficient (Wildman–Crippen LogP) is 1.69. The third-order valence-electron chi connectivity index (χ3n) is 4.28. The highest BCUT2D eigenvalue weighted by molar-refractivity contribution is 5.74. The first-order valence-electron chi connectivity index (χ1n) is 8.44. The minimum atomic E-state index is -0.458. The lowest BCUT2D eigenvalue weighted by Gasteiger charge is -2.09. The predicted molar refractivity (Wildman–Crippen MR) is 99.0 cm³/mol. The van der Waals surface area contributed by atoms with Gasteiger partial charge in [-0.1, -0.05) is 26.0 Å². The summed E-state index contributed by atoms with van der Waals surface area (Å²) in [5, 5.41) is 3.21. The summed E-state index contributed by atoms with van der Waals surface area (Å²) in [5.41, 5.74) is 0.556. The number of nitrogens with zero attached hydrogens (tertiary/aromatic N) is 4. The molecule has 1 N–H and O–H groups in total. The van der Waals surface area contributed by atoms with E-state index >= 15 is 0 Å². The minimum absolute atomic E-state index is 0.199. The van der Waals surface area contributed by atoms with Gasteiger partial charge in [0.2, 0.25) is 5.95 Å². The van der Waals surface area contributed by atoms with Crippen molar-refractivity contribution in [1.29, 1.82) is 0 Å². The van der Waals surface area contributed by atoms with Gasteiger partial charge in [-0.25, -0.2) is 9.18 Å². The van der Waals surface area contributed by atoms with Crippen molar-refractivity contribution in [3.05, 3.63) is 56.5 Å². The van der Waals surface area contributed by atoms with Gasteiger partial charge in [0.15, 0.2) is 11.2 Å². The van der Waals surface area contributed by atoms with E-state index in [1.165, 1.54) is 23.7 Å². The second-order valence-corrected chi connectivity index (χ2v) is 6.80. The Morgan fingerprint density at radius 3 is 2.38 bits per heavy atom. The summed E-state index contributed by atoms with van der Waals surface area (Å²) in [7, 11) is 3.19. The van der Waals surface area contributed by atoms with E-state index in [0.29, 0.717) is 29.6 Å². The highest BCUT2D eigenvalue weighted by Crippen LogP contribution is 2.15. The van der Waals surface area contributed by atoms with Crippen LogP contribution in [0.1, 0.15) is 19.4 Å². The Balaban J connectivity index is 2.18. The fourth-order valence-electron chi connectivity index (χ4n) is 2.80. The fourth-order valence-corrected chi connectivity index (χ4v) is 2.80. The zero-order valence-electron chi connectivity index (χ0n) is 15.3. The molecule has 8 heteroatoms. The molecule has 2 heterocycles. The molecule has 0 fully saturated rings. The van der Waals surface area contributed by atoms with Crippen molar-refractivity contribution in [1.82, 2.24) is 18.7 Å². The summed E-state index contributed by atoms with van der Waals surface area (Å²) in [5.74, 6) is 0.591. The van der Waals surface area contributed by atoms with Crippen molar-refractivity contribution in [2.24, 2.45) is 20.0 Å². The number of imidazole rings is 1. The second-order valence-electron chi connectivity index (χ2n) is 6.80. The van der Waals surface area contributed by atoms with Gasteiger partial charge in [0, 0.05) is 20.6 Å². The first kappa shape index (κ1) is 17.9. The van der Waals surface area contributed by atoms with Crippen LogP contribution in [0, 0.1) is 11.7 Å². The summed E-state index contributed by atoms with van der Waals surface area (Å²) >= 11 is 0. The van der Waals surface area contributed by atoms with Gasteiger partial charge in [0.25, 0.3) is 5.56 Å². The molecule has 0 aliphatic rings. The number of hydrogen-bond donors (Lipinski definition) is 1. The van der Waals surface area contributed by atoms with Crippen LogP contribution < -0.4 is 16.6 Å². The van der Waals surface area contributed by atoms with Gasteiger partial charge in [0.05, 0.1) is 6.54 Å². The normalized spacial score (nSPS) is 11.5. The number of anilines is 1. The molecule has 3 aromatic rings. The Hall–Kier alpha value is -2.90. The van der Waals surface area contributed by atoms with Crippen LogP contribution in [0.5, 0.6) is 0 Å². The van der Waals surface area contributed by atoms with Crippen LogP contribution in [0.4, 0.5) is 10.3 Å². The van der Waals surface area contributed by atoms with E-state index in [4.69, 9.17) is 0 Å². The molecule has 0 spiro atoms. The second kappa shape index (κ2) is 6.78. The molecule has 0 unspecified atom stereocenters. The van der Waals surface area contributed by atoms with Gasteiger partial charge in [-0.15, -0.1) is 0 Å². The zero-order valence-corrected chi connectivity index (χ0v) is 15.3. The maximum Gasteiger partial charge on any atom is 0.332 e. The number of benzene rings is 1. The van der Waals surface area contributed by atoms with Crippen molar-refractivity contribution < 1.29 is 4.39 Å². The molecule has 0 amide bonds. The number of aryl methyl sites for hydroxylation is 1. The number of rotatable bonds is 5. The molecular formula is C18H22FN5O2. The number of aromatic nitrogens is 4. The molecule has 0 radical (unpaired) electrons. The standard InChI is InChI=1S/C18H22FN5O2/c1-11(2)9-20-17-21-15-14(22(17)3)16(25)23(4)18(26)24(15)10-12-5-7-13(19)8-6-12/h5-8,11H,9-10H2,1-4H3,(H,20,21). The Morgan fingerprint density at radius 2 is 1.77 bits per heavy atom. The van der Waals surface area contributed by atoms with Gasteiger partial charge < -0.3 is 9.88 Å². The first-order chi connectivity index (χ1) is 12.3. The lowest BCUT2D eigenvalue weighted by molar-refractivity contribution is 0.624. The summed E-state index contributed by atoms with van der Waals surface area (Å²) in [4.78, 5) is 29.7. The number of nitrogens with one attached hydrogen (secondary N) is 1. The van der Waals surface area contributed by atoms with E-state index in [1.54, 1.807) is 23.7 Å². The molecule has 3 rings (SSSR count). The van der Waals surface area contributed by atoms with Gasteiger partial charge in [-0.3, -0.25) is 13.9 Å². The molecule has 7 nitrogen and oxygen atoms in total. The summed E-state index contributed by atoms with van der Waals surface area (Å²) in [6.45, 7) is 5.03. The average Bonchev–Trinajstić information content (AvgIpc) is 2.93. The van der Waals surface area contributed by atoms with E-state index in [9.17, 15) is 14.0 Å². The highest BCUT2D eigenvalue weighted by atomic mass is 19.1. The van der Waals surface area contributed by atoms with Crippen LogP contribution in [0.3, 0.4) is 0 Å². The van der Waals surface area contributed by atoms with Crippen LogP contribution in [0.15, 0.2) is 33.9 Å². The van der Waals surface area contributed by atoms with Crippen LogP contribution in [0.25, 0.3) is 11.2 Å². The van der Waals surface area contributed by atoms with Crippen LogP contribution >= 0.6 is 0 Å². The topological polar surface area (TPSA) is 73.8 Å². The van der Waals surface area contributed by atoms with Crippen molar-refractivity contribution in [2.45, 2.75) is 20.4 Å². The maximum absolute atomic E-state index is 13.1. The smallest absolute Gasteiger partial charge is 0.332 e. The lowest BCUT2D eigenvalue weighted by Crippen LogP contribution is -2.38. The Bertz CT molecular complexity index is 1060. The third-order valence-corrected chi connectivity index (χ3v) is 4.28. The van der Waals surface area contributed by atoms with Crippen molar-refractivity contribution in [2.75, 3.05) is 11.9 Å². The summed E-state index contributed by atoms with van der Waals surface area (Å²) in [6.07, 6.45) is 0. The Labute approximate surface area is 149 Å². The molecule has 0 bridgehead atoms. The quantitative estimate of drug-likeness (QED) is 0.752. The lowest BCUT2D eigenvalue weighted by atomic mass is 10.2. The molecule has 0 saturated carbocycles. The van der Waals surface area contributed by atoms with Crippen molar-refractivity contribution in [3.8, 4) is 0 Å². The van der Waals surface area contributed by atoms with E-state index in [2.05, 4.69) is 24.1 Å².